The van der Waals surface area contributed by atoms with Gasteiger partial charge in [0.1, 0.15) is 5.92 Å². The zero-order valence-corrected chi connectivity index (χ0v) is 6.85. The molecule has 0 aliphatic rings. The molecule has 0 bridgehead atoms. The summed E-state index contributed by atoms with van der Waals surface area (Å²) in [6.07, 6.45) is -4.55. The van der Waals surface area contributed by atoms with Gasteiger partial charge in [-0.25, -0.2) is 0 Å². The fraction of sp³-hybridized carbons (Fsp3) is 0.833. The molecule has 0 spiro atoms. The van der Waals surface area contributed by atoms with Crippen molar-refractivity contribution >= 4 is 5.91 Å². The van der Waals surface area contributed by atoms with Gasteiger partial charge in [-0.15, -0.1) is 0 Å². The van der Waals surface area contributed by atoms with Crippen molar-refractivity contribution in [2.45, 2.75) is 6.18 Å². The third-order valence-electron chi connectivity index (χ3n) is 1.37. The molecule has 12 heavy (non-hydrogen) atoms. The van der Waals surface area contributed by atoms with E-state index in [2.05, 4.69) is 0 Å². The van der Waals surface area contributed by atoms with Crippen molar-refractivity contribution in [2.75, 3.05) is 20.6 Å². The number of nitrogens with zero attached hydrogens (tertiary/aromatic N) is 1. The average molecular weight is 184 g/mol. The van der Waals surface area contributed by atoms with Gasteiger partial charge in [-0.3, -0.25) is 4.79 Å². The molecular formula is C6H11F3N2O. The summed E-state index contributed by atoms with van der Waals surface area (Å²) in [5, 5.41) is 0. The number of hydrogen-bond acceptors (Lipinski definition) is 2. The fourth-order valence-electron chi connectivity index (χ4n) is 0.686. The molecule has 1 atom stereocenters. The quantitative estimate of drug-likeness (QED) is 0.666. The Morgan fingerprint density at radius 2 is 1.92 bits per heavy atom. The van der Waals surface area contributed by atoms with E-state index in [9.17, 15) is 18.0 Å². The first kappa shape index (κ1) is 11.2. The molecule has 0 aromatic carbocycles. The highest BCUT2D eigenvalue weighted by molar-refractivity contribution is 5.79. The van der Waals surface area contributed by atoms with Crippen LogP contribution in [-0.4, -0.2) is 37.6 Å². The predicted molar refractivity (Wildman–Crippen MR) is 37.3 cm³/mol. The van der Waals surface area contributed by atoms with Gasteiger partial charge in [-0.05, 0) is 0 Å². The van der Waals surface area contributed by atoms with Gasteiger partial charge in [0, 0.05) is 20.6 Å². The molecule has 3 nitrogen and oxygen atoms in total. The summed E-state index contributed by atoms with van der Waals surface area (Å²) in [7, 11) is 2.52. The third-order valence-corrected chi connectivity index (χ3v) is 1.37. The lowest BCUT2D eigenvalue weighted by Crippen LogP contribution is -2.43. The topological polar surface area (TPSA) is 46.3 Å². The Bertz CT molecular complexity index is 167. The maximum absolute atomic E-state index is 12.0. The number of amides is 1. The van der Waals surface area contributed by atoms with Gasteiger partial charge in [0.15, 0.2) is 0 Å². The second-order valence-electron chi connectivity index (χ2n) is 2.56. The molecule has 0 rings (SSSR count). The Labute approximate surface area is 68.3 Å². The standard InChI is InChI=1S/C6H11F3N2O/c1-11(2)5(12)4(3-10)6(7,8)9/h4H,3,10H2,1-2H3. The van der Waals surface area contributed by atoms with Crippen molar-refractivity contribution < 1.29 is 18.0 Å². The molecule has 1 amide bonds. The minimum Gasteiger partial charge on any atom is -0.348 e. The molecule has 6 heteroatoms. The Morgan fingerprint density at radius 3 is 2.00 bits per heavy atom. The summed E-state index contributed by atoms with van der Waals surface area (Å²) >= 11 is 0. The van der Waals surface area contributed by atoms with Crippen molar-refractivity contribution in [3.8, 4) is 0 Å². The lowest BCUT2D eigenvalue weighted by Gasteiger charge is -2.21. The largest absolute Gasteiger partial charge is 0.401 e. The highest BCUT2D eigenvalue weighted by Gasteiger charge is 2.44. The van der Waals surface area contributed by atoms with Crippen LogP contribution in [0.3, 0.4) is 0 Å². The maximum Gasteiger partial charge on any atom is 0.401 e. The number of alkyl halides is 3. The number of hydrogen-bond donors (Lipinski definition) is 1. The smallest absolute Gasteiger partial charge is 0.348 e. The summed E-state index contributed by atoms with van der Waals surface area (Å²) in [6.45, 7) is -0.708. The van der Waals surface area contributed by atoms with Crippen molar-refractivity contribution in [1.82, 2.24) is 4.90 Å². The zero-order valence-electron chi connectivity index (χ0n) is 6.85. The SMILES string of the molecule is CN(C)C(=O)C(CN)C(F)(F)F. The molecule has 0 heterocycles. The fourth-order valence-corrected chi connectivity index (χ4v) is 0.686. The molecule has 0 aliphatic carbocycles. The molecule has 0 saturated carbocycles. The highest BCUT2D eigenvalue weighted by Crippen LogP contribution is 2.26. The van der Waals surface area contributed by atoms with E-state index >= 15 is 0 Å². The van der Waals surface area contributed by atoms with Crippen molar-refractivity contribution in [2.24, 2.45) is 11.7 Å². The summed E-state index contributed by atoms with van der Waals surface area (Å²) < 4.78 is 36.0. The first-order valence-corrected chi connectivity index (χ1v) is 3.28. The summed E-state index contributed by atoms with van der Waals surface area (Å²) in [5.41, 5.74) is 4.83. The van der Waals surface area contributed by atoms with Gasteiger partial charge >= 0.3 is 6.18 Å². The van der Waals surface area contributed by atoms with Gasteiger partial charge in [0.05, 0.1) is 0 Å². The molecule has 0 fully saturated rings. The minimum absolute atomic E-state index is 0.708. The Balaban J connectivity index is 4.47. The van der Waals surface area contributed by atoms with E-state index in [-0.39, 0.29) is 0 Å². The van der Waals surface area contributed by atoms with Crippen LogP contribution in [0.4, 0.5) is 13.2 Å². The van der Waals surface area contributed by atoms with Crippen molar-refractivity contribution in [3.63, 3.8) is 0 Å². The van der Waals surface area contributed by atoms with Crippen LogP contribution >= 0.6 is 0 Å². The number of nitrogens with two attached hydrogens (primary N) is 1. The van der Waals surface area contributed by atoms with Crippen LogP contribution in [0.5, 0.6) is 0 Å². The van der Waals surface area contributed by atoms with Gasteiger partial charge in [0.25, 0.3) is 0 Å². The molecule has 0 saturated heterocycles. The van der Waals surface area contributed by atoms with E-state index < -0.39 is 24.5 Å². The monoisotopic (exact) mass is 184 g/mol. The third kappa shape index (κ3) is 2.69. The Hall–Kier alpha value is -0.780. The van der Waals surface area contributed by atoms with Crippen LogP contribution in [0.1, 0.15) is 0 Å². The lowest BCUT2D eigenvalue weighted by atomic mass is 10.1. The first-order valence-electron chi connectivity index (χ1n) is 3.28. The molecule has 72 valence electrons. The average Bonchev–Trinajstić information content (AvgIpc) is 1.85. The lowest BCUT2D eigenvalue weighted by molar-refractivity contribution is -0.185. The zero-order chi connectivity index (χ0) is 9.94. The second kappa shape index (κ2) is 3.75. The Kier molecular flexibility index (Phi) is 3.51. The molecule has 0 radical (unpaired) electrons. The van der Waals surface area contributed by atoms with E-state index in [1.54, 1.807) is 0 Å². The predicted octanol–water partition coefficient (Wildman–Crippen LogP) is 0.212. The molecule has 0 aliphatic heterocycles. The first-order chi connectivity index (χ1) is 5.30. The van der Waals surface area contributed by atoms with Gasteiger partial charge < -0.3 is 10.6 Å². The van der Waals surface area contributed by atoms with Crippen LogP contribution in [0.15, 0.2) is 0 Å². The van der Waals surface area contributed by atoms with E-state index in [0.717, 1.165) is 4.90 Å². The van der Waals surface area contributed by atoms with E-state index in [1.165, 1.54) is 14.1 Å². The van der Waals surface area contributed by atoms with E-state index in [0.29, 0.717) is 0 Å². The maximum atomic E-state index is 12.0. The summed E-state index contributed by atoms with van der Waals surface area (Å²) in [4.78, 5) is 11.7. The van der Waals surface area contributed by atoms with Gasteiger partial charge in [-0.1, -0.05) is 0 Å². The number of rotatable bonds is 2. The van der Waals surface area contributed by atoms with Gasteiger partial charge in [0.2, 0.25) is 5.91 Å². The Morgan fingerprint density at radius 1 is 1.50 bits per heavy atom. The van der Waals surface area contributed by atoms with Crippen LogP contribution in [0.25, 0.3) is 0 Å². The molecule has 1 unspecified atom stereocenters. The number of halogens is 3. The van der Waals surface area contributed by atoms with Gasteiger partial charge in [-0.2, -0.15) is 13.2 Å². The van der Waals surface area contributed by atoms with Crippen LogP contribution < -0.4 is 5.73 Å². The normalized spacial score (nSPS) is 14.2. The summed E-state index contributed by atoms with van der Waals surface area (Å²) in [5.74, 6) is -3.09. The molecule has 0 aromatic heterocycles. The molecule has 0 aromatic rings. The highest BCUT2D eigenvalue weighted by atomic mass is 19.4. The van der Waals surface area contributed by atoms with Crippen molar-refractivity contribution in [1.29, 1.82) is 0 Å². The van der Waals surface area contributed by atoms with E-state index in [1.807, 2.05) is 0 Å². The van der Waals surface area contributed by atoms with E-state index in [4.69, 9.17) is 5.73 Å². The van der Waals surface area contributed by atoms with Crippen LogP contribution in [-0.2, 0) is 4.79 Å². The minimum atomic E-state index is -4.55. The molecule has 2 N–H and O–H groups in total. The molecular weight excluding hydrogens is 173 g/mol. The second-order valence-corrected chi connectivity index (χ2v) is 2.56. The van der Waals surface area contributed by atoms with Crippen molar-refractivity contribution in [3.05, 3.63) is 0 Å². The van der Waals surface area contributed by atoms with Crippen LogP contribution in [0, 0.1) is 5.92 Å². The number of carbonyl (C=O) groups is 1. The summed E-state index contributed by atoms with van der Waals surface area (Å²) in [6, 6.07) is 0. The van der Waals surface area contributed by atoms with Crippen LogP contribution in [0.2, 0.25) is 0 Å². The number of carbonyl (C=O) groups excluding carboxylic acids is 1.